The van der Waals surface area contributed by atoms with E-state index in [1.54, 1.807) is 20.8 Å². The molecule has 0 aliphatic rings. The summed E-state index contributed by atoms with van der Waals surface area (Å²) in [4.78, 5) is 33.0. The maximum Gasteiger partial charge on any atom is 0.348 e. The maximum atomic E-state index is 12.2. The molecule has 0 aliphatic carbocycles. The highest BCUT2D eigenvalue weighted by atomic mass is 32.1. The Morgan fingerprint density at radius 1 is 1.38 bits per heavy atom. The minimum atomic E-state index is -0.934. The van der Waals surface area contributed by atoms with Crippen molar-refractivity contribution in [3.63, 3.8) is 0 Å². The molecule has 8 heteroatoms. The fourth-order valence-electron chi connectivity index (χ4n) is 2.35. The first-order valence-corrected chi connectivity index (χ1v) is 8.61. The van der Waals surface area contributed by atoms with E-state index in [9.17, 15) is 14.7 Å². The number of aryl methyl sites for hydroxylation is 1. The third-order valence-corrected chi connectivity index (χ3v) is 4.62. The summed E-state index contributed by atoms with van der Waals surface area (Å²) in [7, 11) is 0. The van der Waals surface area contributed by atoms with Crippen LogP contribution in [0.5, 0.6) is 0 Å². The van der Waals surface area contributed by atoms with Gasteiger partial charge in [-0.2, -0.15) is 0 Å². The molecule has 2 heterocycles. The lowest BCUT2D eigenvalue weighted by Gasteiger charge is -2.14. The molecule has 1 atom stereocenters. The Morgan fingerprint density at radius 2 is 2.08 bits per heavy atom. The molecule has 2 rings (SSSR count). The number of carboxylic acids is 1. The Labute approximate surface area is 144 Å². The van der Waals surface area contributed by atoms with Gasteiger partial charge in [0, 0.05) is 0 Å². The number of rotatable bonds is 7. The van der Waals surface area contributed by atoms with Crippen LogP contribution in [0.2, 0.25) is 0 Å². The van der Waals surface area contributed by atoms with E-state index in [-0.39, 0.29) is 6.10 Å². The molecule has 7 nitrogen and oxygen atoms in total. The minimum absolute atomic E-state index is 0.216. The first kappa shape index (κ1) is 18.1. The fraction of sp³-hybridized carbons (Fsp3) is 0.500. The van der Waals surface area contributed by atoms with Crippen LogP contribution in [-0.2, 0) is 9.53 Å². The maximum absolute atomic E-state index is 12.2. The van der Waals surface area contributed by atoms with E-state index in [4.69, 9.17) is 4.74 Å². The Kier molecular flexibility index (Phi) is 5.71. The van der Waals surface area contributed by atoms with Crippen LogP contribution in [0.15, 0.2) is 6.33 Å². The number of ether oxygens (including phenoxy) is 1. The molecule has 0 saturated carbocycles. The van der Waals surface area contributed by atoms with Gasteiger partial charge in [-0.05, 0) is 32.8 Å². The summed E-state index contributed by atoms with van der Waals surface area (Å²) in [5.74, 6) is -0.908. The van der Waals surface area contributed by atoms with Gasteiger partial charge in [0.05, 0.1) is 11.5 Å². The predicted molar refractivity (Wildman–Crippen MR) is 92.7 cm³/mol. The third kappa shape index (κ3) is 3.81. The average molecular weight is 351 g/mol. The van der Waals surface area contributed by atoms with Crippen LogP contribution in [0.1, 0.15) is 48.8 Å². The summed E-state index contributed by atoms with van der Waals surface area (Å²) in [5.41, 5.74) is 0.699. The number of hydrogen-bond donors (Lipinski definition) is 2. The van der Waals surface area contributed by atoms with Crippen molar-refractivity contribution in [1.82, 2.24) is 9.97 Å². The van der Waals surface area contributed by atoms with E-state index in [0.717, 1.165) is 6.42 Å². The molecular weight excluding hydrogens is 330 g/mol. The van der Waals surface area contributed by atoms with Crippen LogP contribution >= 0.6 is 11.3 Å². The molecule has 0 aliphatic heterocycles. The first-order valence-electron chi connectivity index (χ1n) is 7.79. The number of aliphatic carboxylic acids is 1. The molecule has 2 aromatic heterocycles. The third-order valence-electron chi connectivity index (χ3n) is 3.44. The molecular formula is C16H21N3O4S. The highest BCUT2D eigenvalue weighted by Crippen LogP contribution is 2.34. The SMILES string of the molecule is CCCC(Nc1ncnc2sc(C(=O)OC(C)C)c(C)c12)C(=O)O. The zero-order valence-electron chi connectivity index (χ0n) is 14.1. The quantitative estimate of drug-likeness (QED) is 0.738. The van der Waals surface area contributed by atoms with Crippen LogP contribution in [0.3, 0.4) is 0 Å². The molecule has 130 valence electrons. The molecule has 2 N–H and O–H groups in total. The monoisotopic (exact) mass is 351 g/mol. The van der Waals surface area contributed by atoms with Gasteiger partial charge < -0.3 is 15.2 Å². The topological polar surface area (TPSA) is 101 Å². The van der Waals surface area contributed by atoms with E-state index < -0.39 is 18.0 Å². The van der Waals surface area contributed by atoms with Crippen LogP contribution in [0.4, 0.5) is 5.82 Å². The van der Waals surface area contributed by atoms with Gasteiger partial charge in [0.1, 0.15) is 27.9 Å². The summed E-state index contributed by atoms with van der Waals surface area (Å²) in [6, 6.07) is -0.738. The molecule has 24 heavy (non-hydrogen) atoms. The lowest BCUT2D eigenvalue weighted by molar-refractivity contribution is -0.138. The van der Waals surface area contributed by atoms with Gasteiger partial charge in [0.15, 0.2) is 0 Å². The first-order chi connectivity index (χ1) is 11.3. The van der Waals surface area contributed by atoms with Crippen molar-refractivity contribution >= 4 is 39.3 Å². The van der Waals surface area contributed by atoms with E-state index in [0.29, 0.717) is 32.9 Å². The smallest absolute Gasteiger partial charge is 0.348 e. The second-order valence-corrected chi connectivity index (χ2v) is 6.74. The van der Waals surface area contributed by atoms with Crippen molar-refractivity contribution < 1.29 is 19.4 Å². The van der Waals surface area contributed by atoms with Gasteiger partial charge in [-0.3, -0.25) is 0 Å². The van der Waals surface area contributed by atoms with E-state index in [2.05, 4.69) is 15.3 Å². The predicted octanol–water partition coefficient (Wildman–Crippen LogP) is 3.23. The van der Waals surface area contributed by atoms with Crippen molar-refractivity contribution in [2.75, 3.05) is 5.32 Å². The average Bonchev–Trinajstić information content (AvgIpc) is 2.84. The number of carboxylic acid groups (broad SMARTS) is 1. The van der Waals surface area contributed by atoms with Crippen LogP contribution in [-0.4, -0.2) is 39.2 Å². The highest BCUT2D eigenvalue weighted by molar-refractivity contribution is 7.20. The number of fused-ring (bicyclic) bond motifs is 1. The summed E-state index contributed by atoms with van der Waals surface area (Å²) < 4.78 is 5.25. The van der Waals surface area contributed by atoms with E-state index >= 15 is 0 Å². The Bertz CT molecular complexity index is 757. The van der Waals surface area contributed by atoms with Crippen molar-refractivity contribution in [3.05, 3.63) is 16.8 Å². The zero-order chi connectivity index (χ0) is 17.9. The second-order valence-electron chi connectivity index (χ2n) is 5.74. The fourth-order valence-corrected chi connectivity index (χ4v) is 3.39. The number of hydrogen-bond acceptors (Lipinski definition) is 7. The largest absolute Gasteiger partial charge is 0.480 e. The minimum Gasteiger partial charge on any atom is -0.480 e. The Balaban J connectivity index is 2.44. The molecule has 0 aromatic carbocycles. The van der Waals surface area contributed by atoms with Crippen molar-refractivity contribution in [3.8, 4) is 0 Å². The van der Waals surface area contributed by atoms with Gasteiger partial charge in [-0.15, -0.1) is 11.3 Å². The second kappa shape index (κ2) is 7.57. The summed E-state index contributed by atoms with van der Waals surface area (Å²) in [6.45, 7) is 7.29. The Morgan fingerprint density at radius 3 is 2.67 bits per heavy atom. The number of anilines is 1. The molecule has 0 saturated heterocycles. The van der Waals surface area contributed by atoms with Crippen molar-refractivity contribution in [2.24, 2.45) is 0 Å². The van der Waals surface area contributed by atoms with E-state index in [1.807, 2.05) is 6.92 Å². The van der Waals surface area contributed by atoms with Crippen molar-refractivity contribution in [1.29, 1.82) is 0 Å². The lowest BCUT2D eigenvalue weighted by atomic mass is 10.1. The lowest BCUT2D eigenvalue weighted by Crippen LogP contribution is -2.29. The summed E-state index contributed by atoms with van der Waals surface area (Å²) >= 11 is 1.22. The standard InChI is InChI=1S/C16H21N3O4S/c1-5-6-10(15(20)21)19-13-11-9(4)12(16(22)23-8(2)3)24-14(11)18-7-17-13/h7-8,10H,5-6H2,1-4H3,(H,20,21)(H,17,18,19). The van der Waals surface area contributed by atoms with Crippen molar-refractivity contribution in [2.45, 2.75) is 52.7 Å². The van der Waals surface area contributed by atoms with Gasteiger partial charge >= 0.3 is 11.9 Å². The highest BCUT2D eigenvalue weighted by Gasteiger charge is 2.23. The number of nitrogens with one attached hydrogen (secondary N) is 1. The molecule has 0 spiro atoms. The molecule has 1 unspecified atom stereocenters. The molecule has 0 radical (unpaired) electrons. The number of aromatic nitrogens is 2. The number of carbonyl (C=O) groups excluding carboxylic acids is 1. The molecule has 0 fully saturated rings. The molecule has 2 aromatic rings. The zero-order valence-corrected chi connectivity index (χ0v) is 14.9. The number of esters is 1. The van der Waals surface area contributed by atoms with Gasteiger partial charge in [0.25, 0.3) is 0 Å². The summed E-state index contributed by atoms with van der Waals surface area (Å²) in [5, 5.41) is 12.9. The van der Waals surface area contributed by atoms with Gasteiger partial charge in [-0.1, -0.05) is 13.3 Å². The normalized spacial score (nSPS) is 12.4. The molecule has 0 amide bonds. The van der Waals surface area contributed by atoms with E-state index in [1.165, 1.54) is 17.7 Å². The number of nitrogens with zero attached hydrogens (tertiary/aromatic N) is 2. The number of thiophene rings is 1. The molecule has 0 bridgehead atoms. The van der Waals surface area contributed by atoms with Crippen LogP contribution in [0, 0.1) is 6.92 Å². The van der Waals surface area contributed by atoms with Gasteiger partial charge in [0.2, 0.25) is 0 Å². The number of carbonyl (C=O) groups is 2. The summed E-state index contributed by atoms with van der Waals surface area (Å²) in [6.07, 6.45) is 2.36. The Hall–Kier alpha value is -2.22. The van der Waals surface area contributed by atoms with Crippen LogP contribution in [0.25, 0.3) is 10.2 Å². The van der Waals surface area contributed by atoms with Crippen LogP contribution < -0.4 is 5.32 Å². The van der Waals surface area contributed by atoms with Gasteiger partial charge in [-0.25, -0.2) is 19.6 Å².